The molecule has 1 aliphatic heterocycles. The minimum Gasteiger partial charge on any atom is -0.322 e. The number of rotatable bonds is 1. The van der Waals surface area contributed by atoms with Gasteiger partial charge in [-0.1, -0.05) is 11.6 Å². The van der Waals surface area contributed by atoms with Crippen LogP contribution >= 0.6 is 11.6 Å². The Morgan fingerprint density at radius 2 is 1.70 bits per heavy atom. The van der Waals surface area contributed by atoms with Crippen LogP contribution in [0.25, 0.3) is 0 Å². The minimum atomic E-state index is -2.98. The number of aryl methyl sites for hydroxylation is 2. The molecule has 1 aromatic carbocycles. The molecule has 1 fully saturated rings. The summed E-state index contributed by atoms with van der Waals surface area (Å²) in [6, 6.07) is 3.32. The number of nitrogens with zero attached hydrogens (tertiary/aromatic N) is 1. The van der Waals surface area contributed by atoms with E-state index in [1.165, 1.54) is 4.90 Å². The number of hydrogen-bond acceptors (Lipinski definition) is 3. The Morgan fingerprint density at radius 1 is 1.20 bits per heavy atom. The third kappa shape index (κ3) is 3.43. The molecule has 0 aliphatic carbocycles. The third-order valence-electron chi connectivity index (χ3n) is 3.32. The second-order valence-electron chi connectivity index (χ2n) is 4.99. The van der Waals surface area contributed by atoms with Crippen molar-refractivity contribution in [3.05, 3.63) is 28.3 Å². The van der Waals surface area contributed by atoms with E-state index in [-0.39, 0.29) is 30.6 Å². The van der Waals surface area contributed by atoms with Gasteiger partial charge in [0.1, 0.15) is 0 Å². The van der Waals surface area contributed by atoms with E-state index in [1.807, 2.05) is 13.8 Å². The quantitative estimate of drug-likeness (QED) is 0.864. The first-order valence-corrected chi connectivity index (χ1v) is 8.51. The van der Waals surface area contributed by atoms with Crippen LogP contribution in [0.15, 0.2) is 12.1 Å². The van der Waals surface area contributed by atoms with E-state index in [9.17, 15) is 13.2 Å². The smallest absolute Gasteiger partial charge is 0.321 e. The third-order valence-corrected chi connectivity index (χ3v) is 5.52. The standard InChI is InChI=1S/C13H17ClN2O3S/c1-9-7-11(8-10(2)12(9)14)15-13(17)16-3-5-20(18,19)6-4-16/h7-8H,3-6H2,1-2H3,(H,15,17). The Kier molecular flexibility index (Phi) is 4.25. The highest BCUT2D eigenvalue weighted by molar-refractivity contribution is 7.91. The average molecular weight is 317 g/mol. The molecule has 7 heteroatoms. The van der Waals surface area contributed by atoms with Crippen LogP contribution in [0.4, 0.5) is 10.5 Å². The van der Waals surface area contributed by atoms with Gasteiger partial charge >= 0.3 is 6.03 Å². The highest BCUT2D eigenvalue weighted by atomic mass is 35.5. The normalized spacial score (nSPS) is 17.9. The minimum absolute atomic E-state index is 0.0269. The van der Waals surface area contributed by atoms with E-state index in [4.69, 9.17) is 11.6 Å². The summed E-state index contributed by atoms with van der Waals surface area (Å²) < 4.78 is 22.7. The zero-order chi connectivity index (χ0) is 14.9. The molecule has 0 radical (unpaired) electrons. The van der Waals surface area contributed by atoms with Gasteiger partial charge in [-0.3, -0.25) is 0 Å². The number of sulfone groups is 1. The van der Waals surface area contributed by atoms with Crippen molar-refractivity contribution >= 4 is 33.2 Å². The molecule has 1 heterocycles. The number of carbonyl (C=O) groups excluding carboxylic acids is 1. The Balaban J connectivity index is 2.05. The molecule has 2 rings (SSSR count). The first kappa shape index (κ1) is 15.1. The van der Waals surface area contributed by atoms with E-state index < -0.39 is 9.84 Å². The lowest BCUT2D eigenvalue weighted by atomic mass is 10.1. The van der Waals surface area contributed by atoms with E-state index in [0.29, 0.717) is 10.7 Å². The second kappa shape index (κ2) is 5.61. The van der Waals surface area contributed by atoms with Gasteiger partial charge in [-0.05, 0) is 37.1 Å². The maximum Gasteiger partial charge on any atom is 0.321 e. The fraction of sp³-hybridized carbons (Fsp3) is 0.462. The van der Waals surface area contributed by atoms with E-state index in [2.05, 4.69) is 5.32 Å². The van der Waals surface area contributed by atoms with Crippen molar-refractivity contribution in [2.45, 2.75) is 13.8 Å². The SMILES string of the molecule is Cc1cc(NC(=O)N2CCS(=O)(=O)CC2)cc(C)c1Cl. The molecule has 0 spiro atoms. The van der Waals surface area contributed by atoms with Crippen LogP contribution in [0.3, 0.4) is 0 Å². The van der Waals surface area contributed by atoms with Gasteiger partial charge in [-0.25, -0.2) is 13.2 Å². The molecule has 2 amide bonds. The van der Waals surface area contributed by atoms with Crippen molar-refractivity contribution in [3.8, 4) is 0 Å². The van der Waals surface area contributed by atoms with Gasteiger partial charge in [-0.2, -0.15) is 0 Å². The molecular formula is C13H17ClN2O3S. The summed E-state index contributed by atoms with van der Waals surface area (Å²) in [5, 5.41) is 3.47. The molecule has 0 unspecified atom stereocenters. The molecule has 110 valence electrons. The summed E-state index contributed by atoms with van der Waals surface area (Å²) in [7, 11) is -2.98. The number of amides is 2. The van der Waals surface area contributed by atoms with Gasteiger partial charge in [0.15, 0.2) is 9.84 Å². The summed E-state index contributed by atoms with van der Waals surface area (Å²) >= 11 is 6.08. The fourth-order valence-corrected chi connectivity index (χ4v) is 3.45. The lowest BCUT2D eigenvalue weighted by Gasteiger charge is -2.27. The van der Waals surface area contributed by atoms with Crippen LogP contribution < -0.4 is 5.32 Å². The maximum atomic E-state index is 12.1. The molecule has 0 aromatic heterocycles. The van der Waals surface area contributed by atoms with E-state index >= 15 is 0 Å². The summed E-state index contributed by atoms with van der Waals surface area (Å²) in [5.41, 5.74) is 2.45. The number of hydrogen-bond donors (Lipinski definition) is 1. The average Bonchev–Trinajstić information content (AvgIpc) is 2.35. The zero-order valence-electron chi connectivity index (χ0n) is 11.4. The highest BCUT2D eigenvalue weighted by Gasteiger charge is 2.25. The van der Waals surface area contributed by atoms with Gasteiger partial charge in [-0.15, -0.1) is 0 Å². The number of anilines is 1. The number of halogens is 1. The van der Waals surface area contributed by atoms with Crippen LogP contribution in [-0.4, -0.2) is 43.9 Å². The van der Waals surface area contributed by atoms with Crippen molar-refractivity contribution in [2.24, 2.45) is 0 Å². The number of nitrogens with one attached hydrogen (secondary N) is 1. The number of urea groups is 1. The Morgan fingerprint density at radius 3 is 2.20 bits per heavy atom. The molecule has 1 saturated heterocycles. The van der Waals surface area contributed by atoms with Crippen molar-refractivity contribution in [3.63, 3.8) is 0 Å². The summed E-state index contributed by atoms with van der Waals surface area (Å²) in [6.45, 7) is 4.22. The van der Waals surface area contributed by atoms with Gasteiger partial charge in [0.25, 0.3) is 0 Å². The predicted molar refractivity (Wildman–Crippen MR) is 80.2 cm³/mol. The monoisotopic (exact) mass is 316 g/mol. The van der Waals surface area contributed by atoms with Crippen molar-refractivity contribution < 1.29 is 13.2 Å². The molecule has 1 aromatic rings. The summed E-state index contributed by atoms with van der Waals surface area (Å²) in [5.74, 6) is 0.0538. The largest absolute Gasteiger partial charge is 0.322 e. The molecule has 5 nitrogen and oxygen atoms in total. The lowest BCUT2D eigenvalue weighted by molar-refractivity contribution is 0.216. The zero-order valence-corrected chi connectivity index (χ0v) is 13.0. The van der Waals surface area contributed by atoms with E-state index in [1.54, 1.807) is 12.1 Å². The highest BCUT2D eigenvalue weighted by Crippen LogP contribution is 2.24. The second-order valence-corrected chi connectivity index (χ2v) is 7.67. The Hall–Kier alpha value is -1.27. The Bertz CT molecular complexity index is 606. The maximum absolute atomic E-state index is 12.1. The molecular weight excluding hydrogens is 300 g/mol. The van der Waals surface area contributed by atoms with Crippen LogP contribution in [-0.2, 0) is 9.84 Å². The van der Waals surface area contributed by atoms with Gasteiger partial charge in [0.05, 0.1) is 11.5 Å². The summed E-state index contributed by atoms with van der Waals surface area (Å²) in [6.07, 6.45) is 0. The first-order chi connectivity index (χ1) is 9.28. The van der Waals surface area contributed by atoms with Crippen molar-refractivity contribution in [1.82, 2.24) is 4.90 Å². The number of carbonyl (C=O) groups is 1. The van der Waals surface area contributed by atoms with Crippen LogP contribution in [0.2, 0.25) is 5.02 Å². The predicted octanol–water partition coefficient (Wildman–Crippen LogP) is 2.22. The molecule has 1 N–H and O–H groups in total. The first-order valence-electron chi connectivity index (χ1n) is 6.31. The summed E-state index contributed by atoms with van der Waals surface area (Å²) in [4.78, 5) is 13.6. The molecule has 1 aliphatic rings. The molecule has 0 atom stereocenters. The molecule has 0 saturated carbocycles. The number of benzene rings is 1. The fourth-order valence-electron chi connectivity index (χ4n) is 2.14. The van der Waals surface area contributed by atoms with Crippen LogP contribution in [0, 0.1) is 13.8 Å². The van der Waals surface area contributed by atoms with Crippen molar-refractivity contribution in [1.29, 1.82) is 0 Å². The Labute approximate surface area is 123 Å². The van der Waals surface area contributed by atoms with Crippen molar-refractivity contribution in [2.75, 3.05) is 29.9 Å². The van der Waals surface area contributed by atoms with Crippen LogP contribution in [0.1, 0.15) is 11.1 Å². The van der Waals surface area contributed by atoms with E-state index in [0.717, 1.165) is 11.1 Å². The lowest BCUT2D eigenvalue weighted by Crippen LogP contribution is -2.45. The molecule has 0 bridgehead atoms. The van der Waals surface area contributed by atoms with Gasteiger partial charge < -0.3 is 10.2 Å². The topological polar surface area (TPSA) is 66.5 Å². The van der Waals surface area contributed by atoms with Gasteiger partial charge in [0.2, 0.25) is 0 Å². The van der Waals surface area contributed by atoms with Gasteiger partial charge in [0, 0.05) is 23.8 Å². The van der Waals surface area contributed by atoms with Crippen LogP contribution in [0.5, 0.6) is 0 Å². The molecule has 20 heavy (non-hydrogen) atoms.